The summed E-state index contributed by atoms with van der Waals surface area (Å²) >= 11 is 0. The number of rotatable bonds is 6. The number of hydrogen-bond acceptors (Lipinski definition) is 1. The summed E-state index contributed by atoms with van der Waals surface area (Å²) < 4.78 is 0. The molecular weight excluding hydrogens is 218 g/mol. The molecule has 96 valence electrons. The maximum atomic E-state index is 3.93. The zero-order valence-corrected chi connectivity index (χ0v) is 11.1. The summed E-state index contributed by atoms with van der Waals surface area (Å²) in [6.07, 6.45) is 16.1. The lowest BCUT2D eigenvalue weighted by Gasteiger charge is -2.28. The first-order chi connectivity index (χ1) is 8.83. The maximum Gasteiger partial charge on any atom is 0.0362 e. The van der Waals surface area contributed by atoms with E-state index in [2.05, 4.69) is 48.9 Å². The molecule has 0 aromatic rings. The van der Waals surface area contributed by atoms with Crippen LogP contribution in [0.2, 0.25) is 0 Å². The molecule has 0 saturated carbocycles. The number of likely N-dealkylation sites (tertiary alicyclic amines) is 1. The lowest BCUT2D eigenvalue weighted by molar-refractivity contribution is 0.267. The van der Waals surface area contributed by atoms with Crippen molar-refractivity contribution in [3.63, 3.8) is 0 Å². The molecule has 1 aliphatic carbocycles. The summed E-state index contributed by atoms with van der Waals surface area (Å²) in [7, 11) is 0. The fourth-order valence-corrected chi connectivity index (χ4v) is 3.40. The normalized spacial score (nSPS) is 29.7. The van der Waals surface area contributed by atoms with Gasteiger partial charge in [-0.25, -0.2) is 0 Å². The highest BCUT2D eigenvalue weighted by Crippen LogP contribution is 2.45. The van der Waals surface area contributed by atoms with Crippen molar-refractivity contribution < 1.29 is 0 Å². The van der Waals surface area contributed by atoms with Crippen molar-refractivity contribution in [3.05, 3.63) is 61.9 Å². The molecule has 0 spiro atoms. The molecule has 1 heterocycles. The van der Waals surface area contributed by atoms with Crippen molar-refractivity contribution in [2.45, 2.75) is 25.3 Å². The molecule has 0 radical (unpaired) electrons. The second kappa shape index (κ2) is 5.90. The van der Waals surface area contributed by atoms with Crippen molar-refractivity contribution in [2.75, 3.05) is 6.54 Å². The molecule has 0 amide bonds. The summed E-state index contributed by atoms with van der Waals surface area (Å²) in [4.78, 5) is 2.51. The quantitative estimate of drug-likeness (QED) is 0.633. The van der Waals surface area contributed by atoms with Crippen LogP contribution < -0.4 is 0 Å². The van der Waals surface area contributed by atoms with E-state index in [0.717, 1.165) is 25.8 Å². The highest BCUT2D eigenvalue weighted by atomic mass is 15.2. The largest absolute Gasteiger partial charge is 0.367 e. The molecule has 1 aliphatic heterocycles. The molecule has 0 aromatic heterocycles. The average Bonchev–Trinajstić information content (AvgIpc) is 2.67. The average molecular weight is 241 g/mol. The van der Waals surface area contributed by atoms with Crippen LogP contribution in [0.15, 0.2) is 61.9 Å². The monoisotopic (exact) mass is 241 g/mol. The molecule has 1 fully saturated rings. The third-order valence-electron chi connectivity index (χ3n) is 4.09. The Morgan fingerprint density at radius 2 is 1.94 bits per heavy atom. The Bertz CT molecular complexity index is 388. The van der Waals surface area contributed by atoms with Crippen LogP contribution >= 0.6 is 0 Å². The van der Waals surface area contributed by atoms with Gasteiger partial charge in [0, 0.05) is 24.2 Å². The predicted molar refractivity (Wildman–Crippen MR) is 79.1 cm³/mol. The minimum absolute atomic E-state index is 0.551. The van der Waals surface area contributed by atoms with Gasteiger partial charge in [0.1, 0.15) is 0 Å². The zero-order valence-electron chi connectivity index (χ0n) is 11.1. The van der Waals surface area contributed by atoms with Crippen molar-refractivity contribution >= 4 is 0 Å². The number of allylic oxidation sites excluding steroid dienone is 5. The van der Waals surface area contributed by atoms with Gasteiger partial charge in [0.15, 0.2) is 0 Å². The molecule has 0 aromatic carbocycles. The smallest absolute Gasteiger partial charge is 0.0362 e. The number of fused-ring (bicyclic) bond motifs is 1. The van der Waals surface area contributed by atoms with E-state index in [1.807, 2.05) is 12.2 Å². The lowest BCUT2D eigenvalue weighted by atomic mass is 9.82. The van der Waals surface area contributed by atoms with Gasteiger partial charge in [-0.1, -0.05) is 30.4 Å². The van der Waals surface area contributed by atoms with Gasteiger partial charge in [0.05, 0.1) is 0 Å². The maximum absolute atomic E-state index is 3.93. The van der Waals surface area contributed by atoms with Gasteiger partial charge < -0.3 is 4.90 Å². The molecule has 2 aliphatic rings. The fourth-order valence-electron chi connectivity index (χ4n) is 3.40. The summed E-state index contributed by atoms with van der Waals surface area (Å²) in [6, 6.07) is 0.551. The topological polar surface area (TPSA) is 3.24 Å². The molecule has 1 heteroatoms. The number of nitrogens with zero attached hydrogens (tertiary/aromatic N) is 1. The highest BCUT2D eigenvalue weighted by molar-refractivity contribution is 5.27. The Labute approximate surface area is 111 Å². The molecule has 3 atom stereocenters. The van der Waals surface area contributed by atoms with Crippen LogP contribution in [-0.4, -0.2) is 17.5 Å². The van der Waals surface area contributed by atoms with E-state index in [1.165, 1.54) is 5.70 Å². The second-order valence-corrected chi connectivity index (χ2v) is 5.08. The Balaban J connectivity index is 2.31. The standard InChI is InChI=1S/C17H23N/c1-4-9-14-15-11-7-8-12-17(15)18(13-6-3)16(14)10-5-2/h4-8,12,14-16H,1-3,9-11,13H2. The molecule has 18 heavy (non-hydrogen) atoms. The Hall–Kier alpha value is -1.50. The molecular formula is C17H23N. The van der Waals surface area contributed by atoms with Crippen LogP contribution in [0, 0.1) is 11.8 Å². The van der Waals surface area contributed by atoms with Gasteiger partial charge in [0.2, 0.25) is 0 Å². The number of hydrogen-bond donors (Lipinski definition) is 0. The van der Waals surface area contributed by atoms with Crippen LogP contribution in [0.25, 0.3) is 0 Å². The summed E-state index contributed by atoms with van der Waals surface area (Å²) in [5.41, 5.74) is 1.48. The predicted octanol–water partition coefficient (Wildman–Crippen LogP) is 4.09. The van der Waals surface area contributed by atoms with Crippen LogP contribution in [0.1, 0.15) is 19.3 Å². The van der Waals surface area contributed by atoms with E-state index in [9.17, 15) is 0 Å². The third-order valence-corrected chi connectivity index (χ3v) is 4.09. The van der Waals surface area contributed by atoms with Gasteiger partial charge >= 0.3 is 0 Å². The van der Waals surface area contributed by atoms with E-state index in [-0.39, 0.29) is 0 Å². The molecule has 3 unspecified atom stereocenters. The van der Waals surface area contributed by atoms with Gasteiger partial charge in [-0.05, 0) is 31.3 Å². The van der Waals surface area contributed by atoms with Crippen molar-refractivity contribution in [1.29, 1.82) is 0 Å². The summed E-state index contributed by atoms with van der Waals surface area (Å²) in [6.45, 7) is 12.7. The van der Waals surface area contributed by atoms with E-state index in [1.54, 1.807) is 0 Å². The molecule has 2 rings (SSSR count). The molecule has 0 N–H and O–H groups in total. The first-order valence-electron chi connectivity index (χ1n) is 6.79. The Morgan fingerprint density at radius 3 is 2.61 bits per heavy atom. The minimum atomic E-state index is 0.551. The molecule has 0 bridgehead atoms. The van der Waals surface area contributed by atoms with Gasteiger partial charge in [0.25, 0.3) is 0 Å². The zero-order chi connectivity index (χ0) is 13.0. The van der Waals surface area contributed by atoms with E-state index in [4.69, 9.17) is 0 Å². The molecule has 1 saturated heterocycles. The third kappa shape index (κ3) is 2.22. The van der Waals surface area contributed by atoms with Crippen molar-refractivity contribution in [3.8, 4) is 0 Å². The summed E-state index contributed by atoms with van der Waals surface area (Å²) in [5, 5.41) is 0. The fraction of sp³-hybridized carbons (Fsp3) is 0.412. The van der Waals surface area contributed by atoms with E-state index >= 15 is 0 Å². The van der Waals surface area contributed by atoms with Crippen molar-refractivity contribution in [2.24, 2.45) is 11.8 Å². The lowest BCUT2D eigenvalue weighted by Crippen LogP contribution is -2.31. The Morgan fingerprint density at radius 1 is 1.17 bits per heavy atom. The van der Waals surface area contributed by atoms with Crippen LogP contribution in [0.4, 0.5) is 0 Å². The first kappa shape index (κ1) is 12.9. The van der Waals surface area contributed by atoms with Gasteiger partial charge in [-0.3, -0.25) is 0 Å². The minimum Gasteiger partial charge on any atom is -0.367 e. The van der Waals surface area contributed by atoms with Crippen molar-refractivity contribution in [1.82, 2.24) is 4.90 Å². The molecule has 1 nitrogen and oxygen atoms in total. The first-order valence-corrected chi connectivity index (χ1v) is 6.79. The van der Waals surface area contributed by atoms with Crippen LogP contribution in [-0.2, 0) is 0 Å². The van der Waals surface area contributed by atoms with Gasteiger partial charge in [-0.2, -0.15) is 0 Å². The highest BCUT2D eigenvalue weighted by Gasteiger charge is 2.42. The van der Waals surface area contributed by atoms with Crippen LogP contribution in [0.5, 0.6) is 0 Å². The van der Waals surface area contributed by atoms with E-state index in [0.29, 0.717) is 17.9 Å². The van der Waals surface area contributed by atoms with Gasteiger partial charge in [-0.15, -0.1) is 19.7 Å². The SMILES string of the molecule is C=CCC1C2CC=CC=C2N(CC=C)C1CC=C. The van der Waals surface area contributed by atoms with E-state index < -0.39 is 0 Å². The Kier molecular flexibility index (Phi) is 4.24. The second-order valence-electron chi connectivity index (χ2n) is 5.08. The summed E-state index contributed by atoms with van der Waals surface area (Å²) in [5.74, 6) is 1.31. The van der Waals surface area contributed by atoms with Crippen LogP contribution in [0.3, 0.4) is 0 Å².